The average Bonchev–Trinajstić information content (AvgIpc) is 2.26. The molecular formula is C15H31NO. The van der Waals surface area contributed by atoms with Gasteiger partial charge in [-0.3, -0.25) is 0 Å². The average molecular weight is 241 g/mol. The van der Waals surface area contributed by atoms with Crippen molar-refractivity contribution >= 4 is 0 Å². The summed E-state index contributed by atoms with van der Waals surface area (Å²) in [6, 6.07) is 0.630. The Morgan fingerprint density at radius 2 is 2.06 bits per heavy atom. The zero-order chi connectivity index (χ0) is 12.9. The van der Waals surface area contributed by atoms with E-state index in [0.717, 1.165) is 24.8 Å². The molecular weight excluding hydrogens is 210 g/mol. The zero-order valence-electron chi connectivity index (χ0n) is 12.1. The van der Waals surface area contributed by atoms with Gasteiger partial charge >= 0.3 is 0 Å². The van der Waals surface area contributed by atoms with E-state index in [9.17, 15) is 5.11 Å². The van der Waals surface area contributed by atoms with E-state index in [1.807, 2.05) is 13.8 Å². The Bertz CT molecular complexity index is 213. The molecule has 0 heterocycles. The van der Waals surface area contributed by atoms with E-state index in [1.54, 1.807) is 0 Å². The molecule has 0 aliphatic heterocycles. The van der Waals surface area contributed by atoms with Crippen molar-refractivity contribution in [3.8, 4) is 0 Å². The summed E-state index contributed by atoms with van der Waals surface area (Å²) in [6.07, 6.45) is 7.53. The van der Waals surface area contributed by atoms with Crippen LogP contribution in [0.25, 0.3) is 0 Å². The largest absolute Gasteiger partial charge is 0.389 e. The maximum atomic E-state index is 10.0. The predicted octanol–water partition coefficient (Wildman–Crippen LogP) is 3.34. The van der Waals surface area contributed by atoms with Crippen LogP contribution >= 0.6 is 0 Å². The fourth-order valence-corrected chi connectivity index (χ4v) is 2.85. The lowest BCUT2D eigenvalue weighted by atomic mass is 9.81. The van der Waals surface area contributed by atoms with Gasteiger partial charge in [-0.1, -0.05) is 33.6 Å². The summed E-state index contributed by atoms with van der Waals surface area (Å²) < 4.78 is 0. The molecule has 0 aromatic heterocycles. The van der Waals surface area contributed by atoms with Crippen molar-refractivity contribution in [1.82, 2.24) is 5.32 Å². The Balaban J connectivity index is 2.29. The lowest BCUT2D eigenvalue weighted by molar-refractivity contribution is 0.0498. The normalized spacial score (nSPS) is 29.3. The van der Waals surface area contributed by atoms with Gasteiger partial charge in [0.15, 0.2) is 0 Å². The molecule has 17 heavy (non-hydrogen) atoms. The van der Waals surface area contributed by atoms with Gasteiger partial charge in [0.05, 0.1) is 5.60 Å². The second-order valence-corrected chi connectivity index (χ2v) is 6.59. The molecule has 0 bridgehead atoms. The van der Waals surface area contributed by atoms with E-state index in [-0.39, 0.29) is 0 Å². The SMILES string of the molecule is CCC(C)(O)CNC1CCCC(CC(C)C)C1. The van der Waals surface area contributed by atoms with Crippen molar-refractivity contribution in [2.45, 2.75) is 77.9 Å². The molecule has 1 aliphatic rings. The second kappa shape index (κ2) is 6.75. The Morgan fingerprint density at radius 3 is 2.65 bits per heavy atom. The number of hydrogen-bond donors (Lipinski definition) is 2. The Labute approximate surface area is 107 Å². The Morgan fingerprint density at radius 1 is 1.35 bits per heavy atom. The van der Waals surface area contributed by atoms with Crippen molar-refractivity contribution in [2.75, 3.05) is 6.54 Å². The number of nitrogens with one attached hydrogen (secondary N) is 1. The van der Waals surface area contributed by atoms with E-state index in [2.05, 4.69) is 19.2 Å². The maximum Gasteiger partial charge on any atom is 0.0741 e. The molecule has 3 unspecified atom stereocenters. The zero-order valence-corrected chi connectivity index (χ0v) is 12.1. The third-order valence-corrected chi connectivity index (χ3v) is 4.12. The van der Waals surface area contributed by atoms with Gasteiger partial charge in [-0.2, -0.15) is 0 Å². The molecule has 0 spiro atoms. The van der Waals surface area contributed by atoms with Gasteiger partial charge in [-0.25, -0.2) is 0 Å². The first-order chi connectivity index (χ1) is 7.93. The third-order valence-electron chi connectivity index (χ3n) is 4.12. The molecule has 102 valence electrons. The van der Waals surface area contributed by atoms with E-state index < -0.39 is 5.60 Å². The standard InChI is InChI=1S/C15H31NO/c1-5-15(4,17)11-16-14-8-6-7-13(10-14)9-12(2)3/h12-14,16-17H,5-11H2,1-4H3. The summed E-state index contributed by atoms with van der Waals surface area (Å²) in [5.74, 6) is 1.71. The number of rotatable bonds is 6. The molecule has 2 heteroatoms. The van der Waals surface area contributed by atoms with Crippen LogP contribution in [0.1, 0.15) is 66.2 Å². The van der Waals surface area contributed by atoms with Crippen LogP contribution in [0, 0.1) is 11.8 Å². The summed E-state index contributed by atoms with van der Waals surface area (Å²) in [5.41, 5.74) is -0.537. The van der Waals surface area contributed by atoms with Gasteiger partial charge in [-0.05, 0) is 44.4 Å². The molecule has 1 fully saturated rings. The Kier molecular flexibility index (Phi) is 5.94. The predicted molar refractivity (Wildman–Crippen MR) is 74.1 cm³/mol. The first kappa shape index (κ1) is 15.0. The number of aliphatic hydroxyl groups is 1. The highest BCUT2D eigenvalue weighted by Gasteiger charge is 2.25. The molecule has 1 aliphatic carbocycles. The lowest BCUT2D eigenvalue weighted by Gasteiger charge is -2.33. The molecule has 0 aromatic rings. The van der Waals surface area contributed by atoms with Crippen LogP contribution in [0.2, 0.25) is 0 Å². The Hall–Kier alpha value is -0.0800. The van der Waals surface area contributed by atoms with Crippen LogP contribution in [-0.2, 0) is 0 Å². The van der Waals surface area contributed by atoms with Crippen molar-refractivity contribution in [1.29, 1.82) is 0 Å². The molecule has 3 atom stereocenters. The van der Waals surface area contributed by atoms with E-state index in [4.69, 9.17) is 0 Å². The minimum atomic E-state index is -0.537. The minimum absolute atomic E-state index is 0.537. The molecule has 1 rings (SSSR count). The minimum Gasteiger partial charge on any atom is -0.389 e. The van der Waals surface area contributed by atoms with Gasteiger partial charge in [0.25, 0.3) is 0 Å². The highest BCUT2D eigenvalue weighted by atomic mass is 16.3. The topological polar surface area (TPSA) is 32.3 Å². The van der Waals surface area contributed by atoms with Gasteiger partial charge in [0.1, 0.15) is 0 Å². The highest BCUT2D eigenvalue weighted by molar-refractivity contribution is 4.82. The van der Waals surface area contributed by atoms with Crippen molar-refractivity contribution < 1.29 is 5.11 Å². The van der Waals surface area contributed by atoms with Gasteiger partial charge in [0.2, 0.25) is 0 Å². The summed E-state index contributed by atoms with van der Waals surface area (Å²) in [5, 5.41) is 13.6. The van der Waals surface area contributed by atoms with Crippen LogP contribution < -0.4 is 5.32 Å². The second-order valence-electron chi connectivity index (χ2n) is 6.59. The molecule has 2 N–H and O–H groups in total. The van der Waals surface area contributed by atoms with E-state index >= 15 is 0 Å². The maximum absolute atomic E-state index is 10.0. The van der Waals surface area contributed by atoms with Gasteiger partial charge < -0.3 is 10.4 Å². The molecule has 0 amide bonds. The molecule has 2 nitrogen and oxygen atoms in total. The summed E-state index contributed by atoms with van der Waals surface area (Å²) in [4.78, 5) is 0. The fourth-order valence-electron chi connectivity index (χ4n) is 2.85. The van der Waals surface area contributed by atoms with Crippen LogP contribution in [-0.4, -0.2) is 23.3 Å². The molecule has 0 radical (unpaired) electrons. The van der Waals surface area contributed by atoms with Gasteiger partial charge in [-0.15, -0.1) is 0 Å². The molecule has 0 saturated heterocycles. The quantitative estimate of drug-likeness (QED) is 0.747. The highest BCUT2D eigenvalue weighted by Crippen LogP contribution is 2.29. The van der Waals surface area contributed by atoms with Crippen LogP contribution in [0.15, 0.2) is 0 Å². The van der Waals surface area contributed by atoms with Crippen LogP contribution in [0.4, 0.5) is 0 Å². The first-order valence-electron chi connectivity index (χ1n) is 7.38. The smallest absolute Gasteiger partial charge is 0.0741 e. The fraction of sp³-hybridized carbons (Fsp3) is 1.00. The molecule has 1 saturated carbocycles. The summed E-state index contributed by atoms with van der Waals surface area (Å²) in [7, 11) is 0. The van der Waals surface area contributed by atoms with Crippen molar-refractivity contribution in [3.63, 3.8) is 0 Å². The van der Waals surface area contributed by atoms with Crippen molar-refractivity contribution in [3.05, 3.63) is 0 Å². The monoisotopic (exact) mass is 241 g/mol. The van der Waals surface area contributed by atoms with Crippen molar-refractivity contribution in [2.24, 2.45) is 11.8 Å². The molecule has 0 aromatic carbocycles. The van der Waals surface area contributed by atoms with Crippen LogP contribution in [0.3, 0.4) is 0 Å². The van der Waals surface area contributed by atoms with E-state index in [0.29, 0.717) is 6.04 Å². The van der Waals surface area contributed by atoms with E-state index in [1.165, 1.54) is 32.1 Å². The summed E-state index contributed by atoms with van der Waals surface area (Å²) in [6.45, 7) is 9.35. The lowest BCUT2D eigenvalue weighted by Crippen LogP contribution is -2.44. The first-order valence-corrected chi connectivity index (χ1v) is 7.38. The third kappa shape index (κ3) is 5.87. The number of hydrogen-bond acceptors (Lipinski definition) is 2. The summed E-state index contributed by atoms with van der Waals surface area (Å²) >= 11 is 0. The van der Waals surface area contributed by atoms with Crippen LogP contribution in [0.5, 0.6) is 0 Å². The van der Waals surface area contributed by atoms with Gasteiger partial charge in [0, 0.05) is 12.6 Å².